The maximum atomic E-state index is 5.27. The Labute approximate surface area is 129 Å². The lowest BCUT2D eigenvalue weighted by atomic mass is 10.2. The van der Waals surface area contributed by atoms with E-state index in [4.69, 9.17) is 18.9 Å². The first kappa shape index (κ1) is 15.6. The summed E-state index contributed by atoms with van der Waals surface area (Å²) in [6.07, 6.45) is 0. The lowest BCUT2D eigenvalue weighted by molar-refractivity contribution is 0.355. The molecule has 0 bridgehead atoms. The summed E-state index contributed by atoms with van der Waals surface area (Å²) in [7, 11) is 6.41. The normalized spacial score (nSPS) is 9.82. The molecule has 0 aliphatic rings. The molecule has 0 atom stereocenters. The highest BCUT2D eigenvalue weighted by molar-refractivity contribution is 5.60. The van der Waals surface area contributed by atoms with E-state index in [0.717, 1.165) is 11.4 Å². The first-order valence-electron chi connectivity index (χ1n) is 6.68. The molecule has 0 saturated carbocycles. The van der Waals surface area contributed by atoms with Gasteiger partial charge in [0.05, 0.1) is 39.8 Å². The van der Waals surface area contributed by atoms with Gasteiger partial charge in [0.1, 0.15) is 0 Å². The van der Waals surface area contributed by atoms with Gasteiger partial charge in [0.15, 0.2) is 23.0 Å². The van der Waals surface area contributed by atoms with E-state index in [1.165, 1.54) is 0 Å². The average Bonchev–Trinajstić information content (AvgIpc) is 2.59. The maximum Gasteiger partial charge on any atom is 0.162 e. The Hall–Kier alpha value is -2.76. The summed E-state index contributed by atoms with van der Waals surface area (Å²) >= 11 is 0. The fourth-order valence-electron chi connectivity index (χ4n) is 1.97. The number of hydrogen-bond acceptors (Lipinski definition) is 6. The number of hydrazine groups is 1. The second kappa shape index (κ2) is 7.31. The van der Waals surface area contributed by atoms with Crippen LogP contribution in [0.15, 0.2) is 36.4 Å². The summed E-state index contributed by atoms with van der Waals surface area (Å²) in [4.78, 5) is 0. The average molecular weight is 304 g/mol. The molecule has 2 N–H and O–H groups in total. The van der Waals surface area contributed by atoms with Crippen LogP contribution in [0.1, 0.15) is 0 Å². The second-order valence-electron chi connectivity index (χ2n) is 4.39. The Balaban J connectivity index is 2.09. The molecule has 22 heavy (non-hydrogen) atoms. The van der Waals surface area contributed by atoms with Crippen LogP contribution in [-0.4, -0.2) is 28.4 Å². The van der Waals surface area contributed by atoms with Crippen molar-refractivity contribution in [1.29, 1.82) is 0 Å². The van der Waals surface area contributed by atoms with Crippen LogP contribution < -0.4 is 29.8 Å². The summed E-state index contributed by atoms with van der Waals surface area (Å²) in [5.74, 6) is 2.67. The number of methoxy groups -OCH3 is 4. The molecule has 0 heterocycles. The van der Waals surface area contributed by atoms with Crippen molar-refractivity contribution in [3.63, 3.8) is 0 Å². The third kappa shape index (κ3) is 3.46. The molecule has 2 aromatic carbocycles. The van der Waals surface area contributed by atoms with Gasteiger partial charge in [0, 0.05) is 12.1 Å². The molecular formula is C16H20N2O4. The van der Waals surface area contributed by atoms with Crippen LogP contribution in [0.4, 0.5) is 11.4 Å². The molecule has 0 aliphatic heterocycles. The molecule has 0 aliphatic carbocycles. The van der Waals surface area contributed by atoms with Crippen LogP contribution in [0.3, 0.4) is 0 Å². The largest absolute Gasteiger partial charge is 0.493 e. The fourth-order valence-corrected chi connectivity index (χ4v) is 1.97. The van der Waals surface area contributed by atoms with Gasteiger partial charge < -0.3 is 29.8 Å². The number of rotatable bonds is 7. The molecule has 0 aromatic heterocycles. The first-order chi connectivity index (χ1) is 10.7. The van der Waals surface area contributed by atoms with Gasteiger partial charge in [0.25, 0.3) is 0 Å². The van der Waals surface area contributed by atoms with E-state index in [2.05, 4.69) is 10.9 Å². The summed E-state index contributed by atoms with van der Waals surface area (Å²) in [5.41, 5.74) is 7.87. The molecule has 6 nitrogen and oxygen atoms in total. The lowest BCUT2D eigenvalue weighted by Gasteiger charge is -2.14. The highest BCUT2D eigenvalue weighted by atomic mass is 16.5. The van der Waals surface area contributed by atoms with E-state index in [9.17, 15) is 0 Å². The molecule has 0 saturated heterocycles. The van der Waals surface area contributed by atoms with Gasteiger partial charge in [-0.2, -0.15) is 0 Å². The van der Waals surface area contributed by atoms with Crippen LogP contribution >= 0.6 is 0 Å². The molecule has 0 amide bonds. The predicted octanol–water partition coefficient (Wildman–Crippen LogP) is 3.16. The zero-order valence-corrected chi connectivity index (χ0v) is 13.1. The van der Waals surface area contributed by atoms with Gasteiger partial charge in [-0.05, 0) is 24.3 Å². The number of nitrogens with one attached hydrogen (secondary N) is 2. The number of hydrogen-bond donors (Lipinski definition) is 2. The van der Waals surface area contributed by atoms with Gasteiger partial charge in [-0.1, -0.05) is 0 Å². The van der Waals surface area contributed by atoms with Crippen molar-refractivity contribution in [2.45, 2.75) is 0 Å². The summed E-state index contributed by atoms with van der Waals surface area (Å²) in [6.45, 7) is 0. The minimum Gasteiger partial charge on any atom is -0.493 e. The highest BCUT2D eigenvalue weighted by Crippen LogP contribution is 2.31. The Morgan fingerprint density at radius 2 is 0.909 bits per heavy atom. The Bertz CT molecular complexity index is 576. The molecule has 6 heteroatoms. The Morgan fingerprint density at radius 1 is 0.545 bits per heavy atom. The van der Waals surface area contributed by atoms with Crippen molar-refractivity contribution >= 4 is 11.4 Å². The van der Waals surface area contributed by atoms with Crippen molar-refractivity contribution in [3.8, 4) is 23.0 Å². The zero-order valence-electron chi connectivity index (χ0n) is 13.1. The van der Waals surface area contributed by atoms with E-state index in [1.807, 2.05) is 36.4 Å². The second-order valence-corrected chi connectivity index (χ2v) is 4.39. The topological polar surface area (TPSA) is 61.0 Å². The van der Waals surface area contributed by atoms with Crippen LogP contribution in [0.2, 0.25) is 0 Å². The van der Waals surface area contributed by atoms with Crippen LogP contribution in [0, 0.1) is 0 Å². The van der Waals surface area contributed by atoms with Crippen molar-refractivity contribution in [3.05, 3.63) is 36.4 Å². The van der Waals surface area contributed by atoms with E-state index in [1.54, 1.807) is 28.4 Å². The molecule has 2 aromatic rings. The SMILES string of the molecule is COc1ccc(NNc2ccc(OC)c(OC)c2)cc1OC. The monoisotopic (exact) mass is 304 g/mol. The fraction of sp³-hybridized carbons (Fsp3) is 0.250. The van der Waals surface area contributed by atoms with Crippen molar-refractivity contribution in [1.82, 2.24) is 0 Å². The van der Waals surface area contributed by atoms with Crippen LogP contribution in [0.5, 0.6) is 23.0 Å². The summed E-state index contributed by atoms with van der Waals surface area (Å²) in [5, 5.41) is 0. The number of ether oxygens (including phenoxy) is 4. The third-order valence-corrected chi connectivity index (χ3v) is 3.12. The van der Waals surface area contributed by atoms with Gasteiger partial charge in [-0.25, -0.2) is 0 Å². The third-order valence-electron chi connectivity index (χ3n) is 3.12. The molecule has 0 fully saturated rings. The molecule has 2 rings (SSSR count). The van der Waals surface area contributed by atoms with Crippen molar-refractivity contribution in [2.24, 2.45) is 0 Å². The van der Waals surface area contributed by atoms with E-state index in [0.29, 0.717) is 23.0 Å². The molecule has 0 unspecified atom stereocenters. The predicted molar refractivity (Wildman–Crippen MR) is 86.3 cm³/mol. The molecular weight excluding hydrogens is 284 g/mol. The molecule has 118 valence electrons. The minimum absolute atomic E-state index is 0.654. The Kier molecular flexibility index (Phi) is 5.19. The van der Waals surface area contributed by atoms with Crippen LogP contribution in [-0.2, 0) is 0 Å². The summed E-state index contributed by atoms with van der Waals surface area (Å²) < 4.78 is 20.9. The van der Waals surface area contributed by atoms with Crippen LogP contribution in [0.25, 0.3) is 0 Å². The van der Waals surface area contributed by atoms with E-state index >= 15 is 0 Å². The van der Waals surface area contributed by atoms with Gasteiger partial charge in [0.2, 0.25) is 0 Å². The lowest BCUT2D eigenvalue weighted by Crippen LogP contribution is -2.09. The van der Waals surface area contributed by atoms with E-state index < -0.39 is 0 Å². The number of anilines is 2. The summed E-state index contributed by atoms with van der Waals surface area (Å²) in [6, 6.07) is 11.1. The van der Waals surface area contributed by atoms with Crippen molar-refractivity contribution in [2.75, 3.05) is 39.3 Å². The smallest absolute Gasteiger partial charge is 0.162 e. The minimum atomic E-state index is 0.654. The quantitative estimate of drug-likeness (QED) is 0.766. The number of benzene rings is 2. The van der Waals surface area contributed by atoms with E-state index in [-0.39, 0.29) is 0 Å². The molecule has 0 spiro atoms. The molecule has 0 radical (unpaired) electrons. The van der Waals surface area contributed by atoms with Gasteiger partial charge >= 0.3 is 0 Å². The first-order valence-corrected chi connectivity index (χ1v) is 6.68. The maximum absolute atomic E-state index is 5.27. The van der Waals surface area contributed by atoms with Gasteiger partial charge in [-0.3, -0.25) is 0 Å². The van der Waals surface area contributed by atoms with Gasteiger partial charge in [-0.15, -0.1) is 0 Å². The standard InChI is InChI=1S/C16H20N2O4/c1-19-13-7-5-11(9-15(13)21-3)17-18-12-6-8-14(20-2)16(10-12)22-4/h5-10,17-18H,1-4H3. The highest BCUT2D eigenvalue weighted by Gasteiger charge is 2.06. The zero-order chi connectivity index (χ0) is 15.9. The van der Waals surface area contributed by atoms with Crippen molar-refractivity contribution < 1.29 is 18.9 Å². The Morgan fingerprint density at radius 3 is 1.23 bits per heavy atom.